The highest BCUT2D eigenvalue weighted by Crippen LogP contribution is 2.47. The summed E-state index contributed by atoms with van der Waals surface area (Å²) in [6, 6.07) is 0. The lowest BCUT2D eigenvalue weighted by Gasteiger charge is -2.41. The van der Waals surface area contributed by atoms with Crippen LogP contribution in [0.2, 0.25) is 0 Å². The van der Waals surface area contributed by atoms with E-state index >= 15 is 0 Å². The lowest BCUT2D eigenvalue weighted by molar-refractivity contribution is -0.220. The number of esters is 1. The molecule has 12 nitrogen and oxygen atoms in total. The second-order valence-corrected chi connectivity index (χ2v) is 18.0. The minimum atomic E-state index is -5.01. The molecule has 1 aliphatic carbocycles. The van der Waals surface area contributed by atoms with Crippen LogP contribution in [0.25, 0.3) is 0 Å². The van der Waals surface area contributed by atoms with E-state index in [1.165, 1.54) is 148 Å². The van der Waals surface area contributed by atoms with Gasteiger partial charge in [-0.15, -0.1) is 0 Å². The number of aliphatic hydroxyl groups is 5. The molecule has 57 heavy (non-hydrogen) atoms. The maximum Gasteiger partial charge on any atom is 0.472 e. The van der Waals surface area contributed by atoms with Crippen molar-refractivity contribution in [2.45, 2.75) is 256 Å². The summed E-state index contributed by atoms with van der Waals surface area (Å²) in [4.78, 5) is 23.1. The maximum absolute atomic E-state index is 12.8. The number of hydrogen-bond acceptors (Lipinski definition) is 11. The van der Waals surface area contributed by atoms with E-state index in [1.807, 2.05) is 0 Å². The molecule has 0 amide bonds. The molecule has 0 heterocycles. The smallest absolute Gasteiger partial charge is 0.457 e. The van der Waals surface area contributed by atoms with Gasteiger partial charge < -0.3 is 39.9 Å². The molecule has 0 spiro atoms. The number of rotatable bonds is 40. The Morgan fingerprint density at radius 1 is 0.491 bits per heavy atom. The summed E-state index contributed by atoms with van der Waals surface area (Å²) in [5.74, 6) is -0.471. The number of unbranched alkanes of at least 4 members (excludes halogenated alkanes) is 28. The second-order valence-electron chi connectivity index (χ2n) is 16.6. The maximum atomic E-state index is 12.8. The van der Waals surface area contributed by atoms with Gasteiger partial charge in [-0.05, 0) is 12.8 Å². The molecule has 340 valence electrons. The molecule has 0 radical (unpaired) electrons. The molecule has 1 aliphatic rings. The Morgan fingerprint density at radius 2 is 0.825 bits per heavy atom. The van der Waals surface area contributed by atoms with Gasteiger partial charge >= 0.3 is 13.8 Å². The van der Waals surface area contributed by atoms with Crippen molar-refractivity contribution in [1.29, 1.82) is 0 Å². The van der Waals surface area contributed by atoms with Gasteiger partial charge in [-0.2, -0.15) is 0 Å². The Kier molecular flexibility index (Phi) is 34.4. The number of ether oxygens (including phenoxy) is 2. The van der Waals surface area contributed by atoms with E-state index in [9.17, 15) is 39.8 Å². The molecular formula is C44H87O12P. The van der Waals surface area contributed by atoms with Gasteiger partial charge in [-0.3, -0.25) is 13.8 Å². The molecule has 0 aromatic rings. The van der Waals surface area contributed by atoms with Gasteiger partial charge in [-0.1, -0.05) is 194 Å². The van der Waals surface area contributed by atoms with Gasteiger partial charge in [0, 0.05) is 13.0 Å². The summed E-state index contributed by atoms with van der Waals surface area (Å²) < 4.78 is 34.2. The van der Waals surface area contributed by atoms with Crippen LogP contribution >= 0.6 is 7.82 Å². The fourth-order valence-corrected chi connectivity index (χ4v) is 8.45. The van der Waals surface area contributed by atoms with E-state index in [2.05, 4.69) is 13.8 Å². The Bertz CT molecular complexity index is 958. The molecule has 1 rings (SSSR count). The molecule has 0 saturated heterocycles. The van der Waals surface area contributed by atoms with Gasteiger partial charge in [0.1, 0.15) is 42.7 Å². The number of aliphatic hydroxyl groups excluding tert-OH is 5. The Balaban J connectivity index is 2.36. The standard InChI is InChI=1S/C44H87O12P/c1-3-5-7-9-11-13-15-17-18-19-20-21-22-23-25-27-29-31-33-38(45)55-37(35-53-34-32-30-28-26-24-16-14-12-10-8-6-4-2)36-54-57(51,52)56-44-42(49)40(47)39(46)41(48)43(44)50/h37,39-44,46-50H,3-36H2,1-2H3,(H,51,52). The van der Waals surface area contributed by atoms with E-state index < -0.39 is 63.1 Å². The first-order valence-electron chi connectivity index (χ1n) is 23.4. The summed E-state index contributed by atoms with van der Waals surface area (Å²) in [6.07, 6.45) is 24.6. The summed E-state index contributed by atoms with van der Waals surface area (Å²) in [7, 11) is -5.01. The first kappa shape index (κ1) is 54.4. The zero-order chi connectivity index (χ0) is 42.0. The molecule has 6 N–H and O–H groups in total. The van der Waals surface area contributed by atoms with Crippen LogP contribution < -0.4 is 0 Å². The zero-order valence-electron chi connectivity index (χ0n) is 36.2. The largest absolute Gasteiger partial charge is 0.472 e. The van der Waals surface area contributed by atoms with Crippen LogP contribution in [0.3, 0.4) is 0 Å². The van der Waals surface area contributed by atoms with Gasteiger partial charge in [0.05, 0.1) is 13.2 Å². The molecule has 1 fully saturated rings. The van der Waals surface area contributed by atoms with Gasteiger partial charge in [0.2, 0.25) is 0 Å². The number of carbonyl (C=O) groups is 1. The van der Waals surface area contributed by atoms with Gasteiger partial charge in [0.25, 0.3) is 0 Å². The normalized spacial score (nSPS) is 22.7. The third-order valence-corrected chi connectivity index (χ3v) is 12.2. The number of phosphoric acid groups is 1. The average Bonchev–Trinajstić information content (AvgIpc) is 3.19. The summed E-state index contributed by atoms with van der Waals surface area (Å²) in [6.45, 7) is 4.29. The van der Waals surface area contributed by atoms with Crippen molar-refractivity contribution < 1.29 is 58.3 Å². The molecule has 13 heteroatoms. The third-order valence-electron chi connectivity index (χ3n) is 11.2. The van der Waals surface area contributed by atoms with Crippen LogP contribution in [-0.4, -0.2) is 98.9 Å². The predicted molar refractivity (Wildman–Crippen MR) is 226 cm³/mol. The molecular weight excluding hydrogens is 751 g/mol. The van der Waals surface area contributed by atoms with Crippen LogP contribution in [0.1, 0.15) is 213 Å². The summed E-state index contributed by atoms with van der Waals surface area (Å²) in [5, 5.41) is 50.1. The second kappa shape index (κ2) is 36.0. The van der Waals surface area contributed by atoms with Gasteiger partial charge in [-0.25, -0.2) is 4.57 Å². The van der Waals surface area contributed by atoms with Crippen molar-refractivity contribution in [2.24, 2.45) is 0 Å². The number of phosphoric ester groups is 1. The Hall–Kier alpha value is -0.660. The highest BCUT2D eigenvalue weighted by atomic mass is 31.2. The van der Waals surface area contributed by atoms with E-state index in [4.69, 9.17) is 18.5 Å². The predicted octanol–water partition coefficient (Wildman–Crippen LogP) is 9.37. The van der Waals surface area contributed by atoms with Crippen molar-refractivity contribution in [3.05, 3.63) is 0 Å². The van der Waals surface area contributed by atoms with E-state index in [0.29, 0.717) is 13.0 Å². The fourth-order valence-electron chi connectivity index (χ4n) is 7.47. The molecule has 6 atom stereocenters. The van der Waals surface area contributed by atoms with E-state index in [0.717, 1.165) is 38.5 Å². The van der Waals surface area contributed by atoms with E-state index in [-0.39, 0.29) is 13.0 Å². The summed E-state index contributed by atoms with van der Waals surface area (Å²) in [5.41, 5.74) is 0. The zero-order valence-corrected chi connectivity index (χ0v) is 37.1. The molecule has 0 bridgehead atoms. The quantitative estimate of drug-likeness (QED) is 0.0195. The Morgan fingerprint density at radius 3 is 1.21 bits per heavy atom. The first-order chi connectivity index (χ1) is 27.5. The van der Waals surface area contributed by atoms with Crippen molar-refractivity contribution >= 4 is 13.8 Å². The van der Waals surface area contributed by atoms with Crippen molar-refractivity contribution in [2.75, 3.05) is 19.8 Å². The minimum absolute atomic E-state index is 0.0683. The molecule has 0 aromatic carbocycles. The summed E-state index contributed by atoms with van der Waals surface area (Å²) >= 11 is 0. The van der Waals surface area contributed by atoms with E-state index in [1.54, 1.807) is 0 Å². The molecule has 1 saturated carbocycles. The highest BCUT2D eigenvalue weighted by Gasteiger charge is 2.51. The SMILES string of the molecule is CCCCCCCCCCCCCCCCCCCCC(=O)OC(COCCCCCCCCCCCCCC)COP(=O)(O)OC1C(O)C(O)C(O)C(O)C1O. The lowest BCUT2D eigenvalue weighted by Crippen LogP contribution is -2.64. The first-order valence-corrected chi connectivity index (χ1v) is 24.9. The fraction of sp³-hybridized carbons (Fsp3) is 0.977. The molecule has 0 aromatic heterocycles. The van der Waals surface area contributed by atoms with Crippen molar-refractivity contribution in [3.8, 4) is 0 Å². The van der Waals surface area contributed by atoms with Crippen LogP contribution in [0.4, 0.5) is 0 Å². The number of carbonyl (C=O) groups excluding carboxylic acids is 1. The highest BCUT2D eigenvalue weighted by molar-refractivity contribution is 7.47. The van der Waals surface area contributed by atoms with Crippen LogP contribution in [0.5, 0.6) is 0 Å². The third kappa shape index (κ3) is 28.5. The average molecular weight is 839 g/mol. The monoisotopic (exact) mass is 839 g/mol. The van der Waals surface area contributed by atoms with Crippen LogP contribution in [-0.2, 0) is 27.9 Å². The topological polar surface area (TPSA) is 192 Å². The van der Waals surface area contributed by atoms with Crippen LogP contribution in [0.15, 0.2) is 0 Å². The minimum Gasteiger partial charge on any atom is -0.457 e. The van der Waals surface area contributed by atoms with Crippen LogP contribution in [0, 0.1) is 0 Å². The van der Waals surface area contributed by atoms with Crippen molar-refractivity contribution in [3.63, 3.8) is 0 Å². The molecule has 6 unspecified atom stereocenters. The van der Waals surface area contributed by atoms with Crippen molar-refractivity contribution in [1.82, 2.24) is 0 Å². The Labute approximate surface area is 346 Å². The van der Waals surface area contributed by atoms with Gasteiger partial charge in [0.15, 0.2) is 0 Å². The molecule has 0 aliphatic heterocycles. The lowest BCUT2D eigenvalue weighted by atomic mass is 9.85. The number of hydrogen-bond donors (Lipinski definition) is 6.